The number of hydrogen-bond donors (Lipinski definition) is 0. The van der Waals surface area contributed by atoms with Gasteiger partial charge >= 0.3 is 0 Å². The van der Waals surface area contributed by atoms with Gasteiger partial charge in [-0.1, -0.05) is 26.0 Å². The normalized spacial score (nSPS) is 17.3. The van der Waals surface area contributed by atoms with Crippen molar-refractivity contribution in [3.05, 3.63) is 52.5 Å². The number of carbonyl (C=O) groups is 1. The van der Waals surface area contributed by atoms with Crippen LogP contribution in [0, 0.1) is 6.92 Å². The summed E-state index contributed by atoms with van der Waals surface area (Å²) in [5.41, 5.74) is 4.25. The van der Waals surface area contributed by atoms with Crippen molar-refractivity contribution in [3.8, 4) is 0 Å². The second-order valence-corrected chi connectivity index (χ2v) is 7.97. The number of fused-ring (bicyclic) bond motifs is 1. The first kappa shape index (κ1) is 19.8. The van der Waals surface area contributed by atoms with Gasteiger partial charge in [-0.3, -0.25) is 4.79 Å². The third kappa shape index (κ3) is 4.13. The van der Waals surface area contributed by atoms with Crippen LogP contribution in [-0.4, -0.2) is 64.9 Å². The van der Waals surface area contributed by atoms with Crippen molar-refractivity contribution in [3.63, 3.8) is 0 Å². The van der Waals surface area contributed by atoms with Gasteiger partial charge < -0.3 is 14.7 Å². The second-order valence-electron chi connectivity index (χ2n) is 7.97. The summed E-state index contributed by atoms with van der Waals surface area (Å²) in [5, 5.41) is 0. The molecule has 6 nitrogen and oxygen atoms in total. The van der Waals surface area contributed by atoms with E-state index in [2.05, 4.69) is 35.8 Å². The Morgan fingerprint density at radius 3 is 2.38 bits per heavy atom. The first-order valence-corrected chi connectivity index (χ1v) is 10.8. The zero-order chi connectivity index (χ0) is 20.4. The smallest absolute Gasteiger partial charge is 0.254 e. The van der Waals surface area contributed by atoms with Crippen LogP contribution in [0.15, 0.2) is 24.3 Å². The monoisotopic (exact) mass is 393 g/mol. The van der Waals surface area contributed by atoms with E-state index >= 15 is 0 Å². The minimum atomic E-state index is 0.0978. The van der Waals surface area contributed by atoms with E-state index < -0.39 is 0 Å². The highest BCUT2D eigenvalue weighted by Gasteiger charge is 2.28. The SMILES string of the molecule is CCc1ccc(C(=O)N2CCc3nc(C)nc(N4CCN(CC)CC4)c3C2)cc1. The molecule has 0 N–H and O–H groups in total. The molecule has 4 rings (SSSR count). The van der Waals surface area contributed by atoms with Gasteiger partial charge in [0, 0.05) is 50.3 Å². The summed E-state index contributed by atoms with van der Waals surface area (Å²) < 4.78 is 0. The number of likely N-dealkylation sites (N-methyl/N-ethyl adjacent to an activating group) is 1. The zero-order valence-corrected chi connectivity index (χ0v) is 17.8. The molecule has 2 aromatic rings. The molecule has 0 radical (unpaired) electrons. The first-order valence-electron chi connectivity index (χ1n) is 10.8. The van der Waals surface area contributed by atoms with Crippen LogP contribution in [0.4, 0.5) is 5.82 Å². The average Bonchev–Trinajstić information content (AvgIpc) is 2.78. The van der Waals surface area contributed by atoms with Gasteiger partial charge in [-0.05, 0) is 37.6 Å². The highest BCUT2D eigenvalue weighted by molar-refractivity contribution is 5.94. The summed E-state index contributed by atoms with van der Waals surface area (Å²) in [4.78, 5) is 29.4. The van der Waals surface area contributed by atoms with Crippen LogP contribution in [0.3, 0.4) is 0 Å². The molecule has 2 aliphatic heterocycles. The van der Waals surface area contributed by atoms with E-state index in [0.717, 1.165) is 74.0 Å². The highest BCUT2D eigenvalue weighted by atomic mass is 16.2. The van der Waals surface area contributed by atoms with E-state index in [1.165, 1.54) is 5.56 Å². The quantitative estimate of drug-likeness (QED) is 0.799. The molecular weight excluding hydrogens is 362 g/mol. The fraction of sp³-hybridized carbons (Fsp3) is 0.522. The first-order chi connectivity index (χ1) is 14.1. The summed E-state index contributed by atoms with van der Waals surface area (Å²) >= 11 is 0. The minimum Gasteiger partial charge on any atom is -0.354 e. The number of aryl methyl sites for hydroxylation is 2. The topological polar surface area (TPSA) is 52.6 Å². The van der Waals surface area contributed by atoms with Crippen LogP contribution < -0.4 is 4.90 Å². The Bertz CT molecular complexity index is 872. The number of anilines is 1. The lowest BCUT2D eigenvalue weighted by Gasteiger charge is -2.37. The van der Waals surface area contributed by atoms with E-state index in [-0.39, 0.29) is 5.91 Å². The minimum absolute atomic E-state index is 0.0978. The Balaban J connectivity index is 1.57. The number of nitrogens with zero attached hydrogens (tertiary/aromatic N) is 5. The molecule has 2 aliphatic rings. The van der Waals surface area contributed by atoms with E-state index in [1.54, 1.807) is 0 Å². The van der Waals surface area contributed by atoms with Gasteiger partial charge in [0.1, 0.15) is 11.6 Å². The molecule has 0 spiro atoms. The fourth-order valence-corrected chi connectivity index (χ4v) is 4.29. The van der Waals surface area contributed by atoms with Gasteiger partial charge in [-0.25, -0.2) is 9.97 Å². The van der Waals surface area contributed by atoms with Crippen LogP contribution in [0.5, 0.6) is 0 Å². The summed E-state index contributed by atoms with van der Waals surface area (Å²) in [6, 6.07) is 8.01. The van der Waals surface area contributed by atoms with E-state index in [1.807, 2.05) is 24.0 Å². The Kier molecular flexibility index (Phi) is 5.81. The fourth-order valence-electron chi connectivity index (χ4n) is 4.29. The number of hydrogen-bond acceptors (Lipinski definition) is 5. The Labute approximate surface area is 173 Å². The van der Waals surface area contributed by atoms with Crippen LogP contribution in [-0.2, 0) is 19.4 Å². The maximum absolute atomic E-state index is 13.1. The van der Waals surface area contributed by atoms with Gasteiger partial charge in [0.05, 0.1) is 12.2 Å². The Morgan fingerprint density at radius 1 is 1.00 bits per heavy atom. The molecule has 0 saturated carbocycles. The number of aromatic nitrogens is 2. The van der Waals surface area contributed by atoms with Crippen LogP contribution in [0.2, 0.25) is 0 Å². The molecule has 1 saturated heterocycles. The number of benzene rings is 1. The van der Waals surface area contributed by atoms with Crippen LogP contribution in [0.25, 0.3) is 0 Å². The summed E-state index contributed by atoms with van der Waals surface area (Å²) in [5.74, 6) is 1.95. The lowest BCUT2D eigenvalue weighted by atomic mass is 10.0. The maximum Gasteiger partial charge on any atom is 0.254 e. The molecular formula is C23H31N5O. The third-order valence-corrected chi connectivity index (χ3v) is 6.17. The second kappa shape index (κ2) is 8.49. The van der Waals surface area contributed by atoms with E-state index in [4.69, 9.17) is 9.97 Å². The van der Waals surface area contributed by atoms with Crippen molar-refractivity contribution >= 4 is 11.7 Å². The zero-order valence-electron chi connectivity index (χ0n) is 17.8. The Hall–Kier alpha value is -2.47. The van der Waals surface area contributed by atoms with Gasteiger partial charge in [-0.2, -0.15) is 0 Å². The predicted molar refractivity (Wildman–Crippen MR) is 115 cm³/mol. The molecule has 0 unspecified atom stereocenters. The van der Waals surface area contributed by atoms with Crippen molar-refractivity contribution < 1.29 is 4.79 Å². The molecule has 154 valence electrons. The molecule has 1 aromatic heterocycles. The molecule has 29 heavy (non-hydrogen) atoms. The third-order valence-electron chi connectivity index (χ3n) is 6.17. The number of carbonyl (C=O) groups excluding carboxylic acids is 1. The van der Waals surface area contributed by atoms with Crippen LogP contribution >= 0.6 is 0 Å². The lowest BCUT2D eigenvalue weighted by molar-refractivity contribution is 0.0733. The molecule has 1 fully saturated rings. The lowest BCUT2D eigenvalue weighted by Crippen LogP contribution is -2.47. The summed E-state index contributed by atoms with van der Waals surface area (Å²) in [6.07, 6.45) is 1.77. The van der Waals surface area contributed by atoms with Crippen molar-refractivity contribution in [2.24, 2.45) is 0 Å². The highest BCUT2D eigenvalue weighted by Crippen LogP contribution is 2.28. The van der Waals surface area contributed by atoms with Gasteiger partial charge in [-0.15, -0.1) is 0 Å². The van der Waals surface area contributed by atoms with Crippen molar-refractivity contribution in [2.75, 3.05) is 44.2 Å². The summed E-state index contributed by atoms with van der Waals surface area (Å²) in [6.45, 7) is 12.8. The van der Waals surface area contributed by atoms with Crippen molar-refractivity contribution in [1.82, 2.24) is 19.8 Å². The molecule has 3 heterocycles. The largest absolute Gasteiger partial charge is 0.354 e. The van der Waals surface area contributed by atoms with Crippen molar-refractivity contribution in [1.29, 1.82) is 0 Å². The number of piperazine rings is 1. The molecule has 0 bridgehead atoms. The molecule has 6 heteroatoms. The molecule has 1 amide bonds. The van der Waals surface area contributed by atoms with Gasteiger partial charge in [0.2, 0.25) is 0 Å². The molecule has 0 aliphatic carbocycles. The molecule has 1 aromatic carbocycles. The maximum atomic E-state index is 13.1. The van der Waals surface area contributed by atoms with Gasteiger partial charge in [0.15, 0.2) is 0 Å². The van der Waals surface area contributed by atoms with Gasteiger partial charge in [0.25, 0.3) is 5.91 Å². The van der Waals surface area contributed by atoms with Crippen LogP contribution in [0.1, 0.15) is 46.9 Å². The van der Waals surface area contributed by atoms with E-state index in [9.17, 15) is 4.79 Å². The van der Waals surface area contributed by atoms with E-state index in [0.29, 0.717) is 13.1 Å². The number of amides is 1. The number of rotatable bonds is 4. The predicted octanol–water partition coefficient (Wildman–Crippen LogP) is 2.69. The Morgan fingerprint density at radius 2 is 1.72 bits per heavy atom. The standard InChI is InChI=1S/C23H31N5O/c1-4-18-6-8-19(9-7-18)23(29)28-11-10-21-20(16-28)22(25-17(3)24-21)27-14-12-26(5-2)13-15-27/h6-9H,4-5,10-16H2,1-3H3. The van der Waals surface area contributed by atoms with Crippen molar-refractivity contribution in [2.45, 2.75) is 40.2 Å². The molecule has 0 atom stereocenters. The average molecular weight is 394 g/mol. The summed E-state index contributed by atoms with van der Waals surface area (Å²) in [7, 11) is 0.